The van der Waals surface area contributed by atoms with E-state index >= 15 is 0 Å². The summed E-state index contributed by atoms with van der Waals surface area (Å²) >= 11 is 0. The topological polar surface area (TPSA) is 50.2 Å². The SMILES string of the molecule is Cc1cc(CC(=O)O)c2ccc(C(F)(F)F)cc2n1. The number of halogens is 3. The maximum Gasteiger partial charge on any atom is 0.416 e. The van der Waals surface area contributed by atoms with Crippen molar-refractivity contribution in [2.45, 2.75) is 19.5 Å². The summed E-state index contributed by atoms with van der Waals surface area (Å²) in [4.78, 5) is 14.8. The Morgan fingerprint density at radius 2 is 2.00 bits per heavy atom. The number of aromatic nitrogens is 1. The highest BCUT2D eigenvalue weighted by Crippen LogP contribution is 2.31. The first kappa shape index (κ1) is 13.3. The Balaban J connectivity index is 2.64. The Bertz CT molecular complexity index is 650. The Morgan fingerprint density at radius 1 is 1.32 bits per heavy atom. The Kier molecular flexibility index (Phi) is 3.18. The maximum atomic E-state index is 12.6. The lowest BCUT2D eigenvalue weighted by Gasteiger charge is -2.10. The van der Waals surface area contributed by atoms with Gasteiger partial charge >= 0.3 is 12.1 Å². The van der Waals surface area contributed by atoms with E-state index < -0.39 is 17.7 Å². The van der Waals surface area contributed by atoms with Crippen molar-refractivity contribution in [2.24, 2.45) is 0 Å². The minimum Gasteiger partial charge on any atom is -0.481 e. The van der Waals surface area contributed by atoms with Gasteiger partial charge in [0.15, 0.2) is 0 Å². The number of aryl methyl sites for hydroxylation is 1. The van der Waals surface area contributed by atoms with Crippen LogP contribution in [-0.4, -0.2) is 16.1 Å². The van der Waals surface area contributed by atoms with Crippen LogP contribution in [0.2, 0.25) is 0 Å². The standard InChI is InChI=1S/C13H10F3NO2/c1-7-4-8(5-12(18)19)10-3-2-9(13(14,15)16)6-11(10)17-7/h2-4,6H,5H2,1H3,(H,18,19). The first-order valence-electron chi connectivity index (χ1n) is 5.46. The van der Waals surface area contributed by atoms with E-state index in [-0.39, 0.29) is 11.9 Å². The fourth-order valence-electron chi connectivity index (χ4n) is 1.93. The first-order valence-corrected chi connectivity index (χ1v) is 5.46. The number of alkyl halides is 3. The molecule has 0 spiro atoms. The van der Waals surface area contributed by atoms with Crippen molar-refractivity contribution in [3.05, 3.63) is 41.1 Å². The molecular weight excluding hydrogens is 259 g/mol. The number of rotatable bonds is 2. The number of hydrogen-bond acceptors (Lipinski definition) is 2. The smallest absolute Gasteiger partial charge is 0.416 e. The second-order valence-electron chi connectivity index (χ2n) is 4.22. The molecule has 2 rings (SSSR count). The van der Waals surface area contributed by atoms with Crippen LogP contribution in [0, 0.1) is 6.92 Å². The highest BCUT2D eigenvalue weighted by Gasteiger charge is 2.30. The van der Waals surface area contributed by atoms with Crippen molar-refractivity contribution in [1.29, 1.82) is 0 Å². The van der Waals surface area contributed by atoms with Gasteiger partial charge in [0.05, 0.1) is 17.5 Å². The molecule has 1 aromatic carbocycles. The van der Waals surface area contributed by atoms with Crippen molar-refractivity contribution in [2.75, 3.05) is 0 Å². The molecule has 1 heterocycles. The summed E-state index contributed by atoms with van der Waals surface area (Å²) in [5.74, 6) is -1.04. The van der Waals surface area contributed by atoms with Crippen LogP contribution < -0.4 is 0 Å². The molecule has 0 fully saturated rings. The van der Waals surface area contributed by atoms with E-state index in [1.54, 1.807) is 13.0 Å². The lowest BCUT2D eigenvalue weighted by atomic mass is 10.0. The van der Waals surface area contributed by atoms with Crippen LogP contribution in [0.5, 0.6) is 0 Å². The molecule has 0 saturated carbocycles. The van der Waals surface area contributed by atoms with Gasteiger partial charge in [-0.1, -0.05) is 6.07 Å². The number of hydrogen-bond donors (Lipinski definition) is 1. The quantitative estimate of drug-likeness (QED) is 0.910. The number of carbonyl (C=O) groups is 1. The van der Waals surface area contributed by atoms with E-state index in [4.69, 9.17) is 5.11 Å². The van der Waals surface area contributed by atoms with Crippen LogP contribution in [-0.2, 0) is 17.4 Å². The fourth-order valence-corrected chi connectivity index (χ4v) is 1.93. The van der Waals surface area contributed by atoms with E-state index in [2.05, 4.69) is 4.98 Å². The zero-order valence-corrected chi connectivity index (χ0v) is 9.95. The molecule has 6 heteroatoms. The summed E-state index contributed by atoms with van der Waals surface area (Å²) in [6, 6.07) is 4.71. The molecule has 0 atom stereocenters. The number of benzene rings is 1. The van der Waals surface area contributed by atoms with Gasteiger partial charge in [0.2, 0.25) is 0 Å². The number of fused-ring (bicyclic) bond motifs is 1. The molecule has 100 valence electrons. The Hall–Kier alpha value is -2.11. The van der Waals surface area contributed by atoms with E-state index in [1.165, 1.54) is 6.07 Å². The normalized spacial score (nSPS) is 11.8. The summed E-state index contributed by atoms with van der Waals surface area (Å²) in [7, 11) is 0. The molecule has 0 radical (unpaired) electrons. The van der Waals surface area contributed by atoms with Crippen LogP contribution in [0.25, 0.3) is 10.9 Å². The van der Waals surface area contributed by atoms with Crippen molar-refractivity contribution >= 4 is 16.9 Å². The van der Waals surface area contributed by atoms with Crippen LogP contribution in [0.1, 0.15) is 16.8 Å². The number of carboxylic acids is 1. The maximum absolute atomic E-state index is 12.6. The molecule has 0 unspecified atom stereocenters. The van der Waals surface area contributed by atoms with Crippen LogP contribution in [0.3, 0.4) is 0 Å². The predicted molar refractivity (Wildman–Crippen MR) is 62.8 cm³/mol. The van der Waals surface area contributed by atoms with E-state index in [9.17, 15) is 18.0 Å². The highest BCUT2D eigenvalue weighted by atomic mass is 19.4. The molecule has 0 aliphatic rings. The van der Waals surface area contributed by atoms with Gasteiger partial charge < -0.3 is 5.11 Å². The third-order valence-corrected chi connectivity index (χ3v) is 2.69. The highest BCUT2D eigenvalue weighted by molar-refractivity contribution is 5.86. The molecular formula is C13H10F3NO2. The second kappa shape index (κ2) is 4.53. The molecule has 1 N–H and O–H groups in total. The molecule has 0 aliphatic heterocycles. The third kappa shape index (κ3) is 2.83. The average molecular weight is 269 g/mol. The minimum atomic E-state index is -4.44. The summed E-state index contributed by atoms with van der Waals surface area (Å²) in [6.45, 7) is 1.62. The van der Waals surface area contributed by atoms with Crippen molar-refractivity contribution in [1.82, 2.24) is 4.98 Å². The Labute approximate surface area is 106 Å². The number of nitrogens with zero attached hydrogens (tertiary/aromatic N) is 1. The molecule has 19 heavy (non-hydrogen) atoms. The molecule has 2 aromatic rings. The van der Waals surface area contributed by atoms with Gasteiger partial charge in [-0.3, -0.25) is 9.78 Å². The zero-order valence-electron chi connectivity index (χ0n) is 9.95. The largest absolute Gasteiger partial charge is 0.481 e. The molecule has 0 amide bonds. The molecule has 3 nitrogen and oxygen atoms in total. The molecule has 0 saturated heterocycles. The van der Waals surface area contributed by atoms with Crippen molar-refractivity contribution in [3.63, 3.8) is 0 Å². The van der Waals surface area contributed by atoms with Crippen LogP contribution in [0.15, 0.2) is 24.3 Å². The average Bonchev–Trinajstić information content (AvgIpc) is 2.25. The fraction of sp³-hybridized carbons (Fsp3) is 0.231. The molecule has 1 aromatic heterocycles. The van der Waals surface area contributed by atoms with Crippen molar-refractivity contribution < 1.29 is 23.1 Å². The van der Waals surface area contributed by atoms with Gasteiger partial charge in [0.25, 0.3) is 0 Å². The Morgan fingerprint density at radius 3 is 2.58 bits per heavy atom. The summed E-state index contributed by atoms with van der Waals surface area (Å²) in [6.07, 6.45) is -4.68. The third-order valence-electron chi connectivity index (χ3n) is 2.69. The summed E-state index contributed by atoms with van der Waals surface area (Å²) < 4.78 is 37.8. The summed E-state index contributed by atoms with van der Waals surface area (Å²) in [5, 5.41) is 9.23. The lowest BCUT2D eigenvalue weighted by Crippen LogP contribution is -2.06. The number of aliphatic carboxylic acids is 1. The van der Waals surface area contributed by atoms with E-state index in [0.717, 1.165) is 12.1 Å². The first-order chi connectivity index (χ1) is 8.77. The molecule has 0 aliphatic carbocycles. The van der Waals surface area contributed by atoms with Crippen LogP contribution >= 0.6 is 0 Å². The number of pyridine rings is 1. The van der Waals surface area contributed by atoms with E-state index in [1.807, 2.05) is 0 Å². The van der Waals surface area contributed by atoms with Gasteiger partial charge in [-0.15, -0.1) is 0 Å². The van der Waals surface area contributed by atoms with Gasteiger partial charge in [0.1, 0.15) is 0 Å². The number of carboxylic acid groups (broad SMARTS) is 1. The summed E-state index contributed by atoms with van der Waals surface area (Å²) in [5.41, 5.74) is 0.317. The monoisotopic (exact) mass is 269 g/mol. The lowest BCUT2D eigenvalue weighted by molar-refractivity contribution is -0.138. The van der Waals surface area contributed by atoms with Gasteiger partial charge in [0, 0.05) is 11.1 Å². The zero-order chi connectivity index (χ0) is 14.2. The minimum absolute atomic E-state index is 0.158. The molecule has 0 bridgehead atoms. The van der Waals surface area contributed by atoms with Gasteiger partial charge in [-0.2, -0.15) is 13.2 Å². The predicted octanol–water partition coefficient (Wildman–Crippen LogP) is 3.19. The van der Waals surface area contributed by atoms with Crippen molar-refractivity contribution in [3.8, 4) is 0 Å². The van der Waals surface area contributed by atoms with Gasteiger partial charge in [-0.05, 0) is 30.7 Å². The van der Waals surface area contributed by atoms with Gasteiger partial charge in [-0.25, -0.2) is 0 Å². The van der Waals surface area contributed by atoms with E-state index in [0.29, 0.717) is 16.6 Å². The second-order valence-corrected chi connectivity index (χ2v) is 4.22. The van der Waals surface area contributed by atoms with Crippen LogP contribution in [0.4, 0.5) is 13.2 Å².